The molecule has 0 unspecified atom stereocenters. The average molecular weight is 257 g/mol. The van der Waals surface area contributed by atoms with Gasteiger partial charge in [-0.1, -0.05) is 18.2 Å². The summed E-state index contributed by atoms with van der Waals surface area (Å²) < 4.78 is 5.80. The van der Waals surface area contributed by atoms with Crippen LogP contribution in [0.15, 0.2) is 42.5 Å². The van der Waals surface area contributed by atoms with E-state index in [2.05, 4.69) is 18.3 Å². The molecule has 3 heteroatoms. The molecule has 0 fully saturated rings. The van der Waals surface area contributed by atoms with Gasteiger partial charge in [0.2, 0.25) is 0 Å². The van der Waals surface area contributed by atoms with Crippen molar-refractivity contribution in [3.8, 4) is 11.5 Å². The Morgan fingerprint density at radius 2 is 1.89 bits per heavy atom. The minimum atomic E-state index is 0.0251. The van der Waals surface area contributed by atoms with Crippen molar-refractivity contribution >= 4 is 0 Å². The fourth-order valence-corrected chi connectivity index (χ4v) is 1.96. The zero-order valence-corrected chi connectivity index (χ0v) is 11.3. The number of hydrogen-bond acceptors (Lipinski definition) is 3. The zero-order chi connectivity index (χ0) is 13.7. The van der Waals surface area contributed by atoms with Crippen molar-refractivity contribution in [3.05, 3.63) is 59.2 Å². The molecule has 0 heterocycles. The van der Waals surface area contributed by atoms with Crippen LogP contribution in [0, 0.1) is 6.92 Å². The Morgan fingerprint density at radius 3 is 2.58 bits per heavy atom. The molecule has 3 nitrogen and oxygen atoms in total. The molecule has 0 aliphatic rings. The van der Waals surface area contributed by atoms with Gasteiger partial charge >= 0.3 is 0 Å². The van der Waals surface area contributed by atoms with Crippen LogP contribution in [0.4, 0.5) is 0 Å². The van der Waals surface area contributed by atoms with Crippen LogP contribution >= 0.6 is 0 Å². The monoisotopic (exact) mass is 257 g/mol. The van der Waals surface area contributed by atoms with Crippen molar-refractivity contribution in [2.75, 3.05) is 7.05 Å². The molecule has 100 valence electrons. The molecule has 0 aromatic heterocycles. The number of benzene rings is 2. The molecule has 2 aromatic rings. The van der Waals surface area contributed by atoms with Crippen molar-refractivity contribution in [1.82, 2.24) is 5.32 Å². The quantitative estimate of drug-likeness (QED) is 0.865. The predicted molar refractivity (Wildman–Crippen MR) is 76.4 cm³/mol. The largest absolute Gasteiger partial charge is 0.457 e. The highest BCUT2D eigenvalue weighted by molar-refractivity contribution is 5.38. The lowest BCUT2D eigenvalue weighted by Crippen LogP contribution is -2.06. The summed E-state index contributed by atoms with van der Waals surface area (Å²) >= 11 is 0. The molecule has 0 bridgehead atoms. The maximum absolute atomic E-state index is 9.11. The Hall–Kier alpha value is -1.84. The summed E-state index contributed by atoms with van der Waals surface area (Å²) in [5.41, 5.74) is 3.31. The molecule has 2 aromatic carbocycles. The van der Waals surface area contributed by atoms with Crippen LogP contribution in [0.5, 0.6) is 11.5 Å². The molecule has 2 rings (SSSR count). The molecule has 0 radical (unpaired) electrons. The number of hydrogen-bond donors (Lipinski definition) is 2. The van der Waals surface area contributed by atoms with Gasteiger partial charge < -0.3 is 15.2 Å². The van der Waals surface area contributed by atoms with Gasteiger partial charge in [0.05, 0.1) is 6.61 Å². The van der Waals surface area contributed by atoms with Crippen LogP contribution in [0.3, 0.4) is 0 Å². The zero-order valence-electron chi connectivity index (χ0n) is 11.3. The molecule has 0 amide bonds. The highest BCUT2D eigenvalue weighted by Crippen LogP contribution is 2.24. The normalized spacial score (nSPS) is 10.5. The summed E-state index contributed by atoms with van der Waals surface area (Å²) in [7, 11) is 1.93. The van der Waals surface area contributed by atoms with E-state index in [1.54, 1.807) is 0 Å². The van der Waals surface area contributed by atoms with Crippen LogP contribution < -0.4 is 10.1 Å². The second kappa shape index (κ2) is 6.36. The molecular weight excluding hydrogens is 238 g/mol. The molecule has 0 aliphatic heterocycles. The number of aliphatic hydroxyl groups is 1. The van der Waals surface area contributed by atoms with Crippen LogP contribution in [0.2, 0.25) is 0 Å². The fraction of sp³-hybridized carbons (Fsp3) is 0.250. The third-order valence-electron chi connectivity index (χ3n) is 3.00. The summed E-state index contributed by atoms with van der Waals surface area (Å²) in [6.07, 6.45) is 0. The van der Waals surface area contributed by atoms with Crippen molar-refractivity contribution in [2.45, 2.75) is 20.1 Å². The maximum atomic E-state index is 9.11. The number of ether oxygens (including phenoxy) is 1. The Labute approximate surface area is 113 Å². The van der Waals surface area contributed by atoms with Gasteiger partial charge in [0.15, 0.2) is 0 Å². The van der Waals surface area contributed by atoms with E-state index in [-0.39, 0.29) is 6.61 Å². The topological polar surface area (TPSA) is 41.5 Å². The van der Waals surface area contributed by atoms with Gasteiger partial charge in [-0.3, -0.25) is 0 Å². The number of rotatable bonds is 5. The van der Waals surface area contributed by atoms with Gasteiger partial charge in [0, 0.05) is 6.54 Å². The fourth-order valence-electron chi connectivity index (χ4n) is 1.96. The van der Waals surface area contributed by atoms with Gasteiger partial charge in [-0.2, -0.15) is 0 Å². The van der Waals surface area contributed by atoms with Gasteiger partial charge in [-0.25, -0.2) is 0 Å². The summed E-state index contributed by atoms with van der Waals surface area (Å²) in [6, 6.07) is 13.5. The summed E-state index contributed by atoms with van der Waals surface area (Å²) in [4.78, 5) is 0. The van der Waals surface area contributed by atoms with Crippen molar-refractivity contribution in [3.63, 3.8) is 0 Å². The maximum Gasteiger partial charge on any atom is 0.127 e. The highest BCUT2D eigenvalue weighted by Gasteiger charge is 2.02. The summed E-state index contributed by atoms with van der Waals surface area (Å²) in [5.74, 6) is 1.56. The van der Waals surface area contributed by atoms with Crippen LogP contribution in [-0.2, 0) is 13.2 Å². The lowest BCUT2D eigenvalue weighted by atomic mass is 10.1. The minimum Gasteiger partial charge on any atom is -0.457 e. The highest BCUT2D eigenvalue weighted by atomic mass is 16.5. The van der Waals surface area contributed by atoms with Crippen LogP contribution in [-0.4, -0.2) is 12.2 Å². The van der Waals surface area contributed by atoms with Crippen molar-refractivity contribution in [1.29, 1.82) is 0 Å². The molecule has 19 heavy (non-hydrogen) atoms. The van der Waals surface area contributed by atoms with Crippen molar-refractivity contribution in [2.24, 2.45) is 0 Å². The van der Waals surface area contributed by atoms with E-state index in [1.165, 1.54) is 11.1 Å². The molecule has 0 atom stereocenters. The molecular formula is C16H19NO2. The number of aryl methyl sites for hydroxylation is 1. The second-order valence-electron chi connectivity index (χ2n) is 4.53. The van der Waals surface area contributed by atoms with Gasteiger partial charge in [0.25, 0.3) is 0 Å². The first-order valence-electron chi connectivity index (χ1n) is 6.34. The molecule has 0 saturated heterocycles. The van der Waals surface area contributed by atoms with E-state index in [0.717, 1.165) is 23.6 Å². The number of aliphatic hydroxyl groups excluding tert-OH is 1. The van der Waals surface area contributed by atoms with Gasteiger partial charge in [-0.05, 0) is 54.9 Å². The predicted octanol–water partition coefficient (Wildman–Crippen LogP) is 3.00. The molecule has 0 aliphatic carbocycles. The van der Waals surface area contributed by atoms with Gasteiger partial charge in [-0.15, -0.1) is 0 Å². The van der Waals surface area contributed by atoms with E-state index >= 15 is 0 Å². The summed E-state index contributed by atoms with van der Waals surface area (Å²) in [6.45, 7) is 2.95. The van der Waals surface area contributed by atoms with Crippen LogP contribution in [0.25, 0.3) is 0 Å². The average Bonchev–Trinajstić information content (AvgIpc) is 2.42. The van der Waals surface area contributed by atoms with E-state index < -0.39 is 0 Å². The SMILES string of the molecule is CNCc1ccc(Oc2cccc(CO)c2)cc1C. The first-order valence-corrected chi connectivity index (χ1v) is 6.34. The molecule has 0 spiro atoms. The van der Waals surface area contributed by atoms with Crippen molar-refractivity contribution < 1.29 is 9.84 Å². The molecule has 2 N–H and O–H groups in total. The smallest absolute Gasteiger partial charge is 0.127 e. The lowest BCUT2D eigenvalue weighted by molar-refractivity contribution is 0.281. The van der Waals surface area contributed by atoms with Gasteiger partial charge in [0.1, 0.15) is 11.5 Å². The third-order valence-corrected chi connectivity index (χ3v) is 3.00. The van der Waals surface area contributed by atoms with E-state index in [1.807, 2.05) is 43.4 Å². The lowest BCUT2D eigenvalue weighted by Gasteiger charge is -2.10. The summed E-state index contributed by atoms with van der Waals surface area (Å²) in [5, 5.41) is 12.2. The van der Waals surface area contributed by atoms with Crippen LogP contribution in [0.1, 0.15) is 16.7 Å². The Morgan fingerprint density at radius 1 is 1.11 bits per heavy atom. The van der Waals surface area contributed by atoms with E-state index in [4.69, 9.17) is 9.84 Å². The first kappa shape index (κ1) is 13.6. The molecule has 0 saturated carbocycles. The number of nitrogens with one attached hydrogen (secondary N) is 1. The third kappa shape index (κ3) is 3.56. The first-order chi connectivity index (χ1) is 9.22. The minimum absolute atomic E-state index is 0.0251. The Bertz CT molecular complexity index is 552. The second-order valence-corrected chi connectivity index (χ2v) is 4.53. The Kier molecular flexibility index (Phi) is 4.55. The Balaban J connectivity index is 2.16. The standard InChI is InChI=1S/C16H19NO2/c1-12-8-16(7-6-14(12)10-17-2)19-15-5-3-4-13(9-15)11-18/h3-9,17-18H,10-11H2,1-2H3. The van der Waals surface area contributed by atoms with E-state index in [0.29, 0.717) is 0 Å². The van der Waals surface area contributed by atoms with E-state index in [9.17, 15) is 0 Å².